The predicted molar refractivity (Wildman–Crippen MR) is 116 cm³/mol. The Labute approximate surface area is 172 Å². The molecule has 29 heavy (non-hydrogen) atoms. The van der Waals surface area contributed by atoms with Gasteiger partial charge in [-0.05, 0) is 67.1 Å². The van der Waals surface area contributed by atoms with E-state index in [4.69, 9.17) is 4.42 Å². The predicted octanol–water partition coefficient (Wildman–Crippen LogP) is 5.57. The third-order valence-electron chi connectivity index (χ3n) is 5.30. The van der Waals surface area contributed by atoms with Crippen LogP contribution in [0.5, 0.6) is 0 Å². The molecular weight excluding hydrogens is 362 g/mol. The van der Waals surface area contributed by atoms with Crippen molar-refractivity contribution in [2.24, 2.45) is 5.92 Å². The largest absolute Gasteiger partial charge is 0.421 e. The molecule has 0 spiro atoms. The Bertz CT molecular complexity index is 976. The first-order chi connectivity index (χ1) is 13.9. The van der Waals surface area contributed by atoms with E-state index in [2.05, 4.69) is 43.2 Å². The fourth-order valence-electron chi connectivity index (χ4n) is 3.42. The number of rotatable bonds is 7. The van der Waals surface area contributed by atoms with Crippen molar-refractivity contribution >= 4 is 5.91 Å². The topological polar surface area (TPSA) is 68.0 Å². The van der Waals surface area contributed by atoms with Crippen LogP contribution < -0.4 is 5.32 Å². The second-order valence-electron chi connectivity index (χ2n) is 7.86. The molecular formula is C24H29N3O2. The monoisotopic (exact) mass is 391 g/mol. The molecule has 0 radical (unpaired) electrons. The molecule has 2 atom stereocenters. The first kappa shape index (κ1) is 20.8. The molecule has 0 bridgehead atoms. The molecule has 1 heterocycles. The molecule has 3 rings (SSSR count). The maximum Gasteiger partial charge on any atom is 0.251 e. The van der Waals surface area contributed by atoms with E-state index in [1.54, 1.807) is 6.92 Å². The molecule has 3 aromatic rings. The third-order valence-corrected chi connectivity index (χ3v) is 5.30. The van der Waals surface area contributed by atoms with Crippen LogP contribution in [0.4, 0.5) is 0 Å². The smallest absolute Gasteiger partial charge is 0.251 e. The van der Waals surface area contributed by atoms with Crippen LogP contribution in [0.3, 0.4) is 0 Å². The Kier molecular flexibility index (Phi) is 6.47. The van der Waals surface area contributed by atoms with Crippen LogP contribution in [0.15, 0.2) is 46.9 Å². The summed E-state index contributed by atoms with van der Waals surface area (Å²) in [5.74, 6) is 1.62. The number of nitrogens with one attached hydrogen (secondary N) is 1. The van der Waals surface area contributed by atoms with Crippen LogP contribution in [0, 0.1) is 19.8 Å². The Morgan fingerprint density at radius 1 is 1.03 bits per heavy atom. The average Bonchev–Trinajstić information content (AvgIpc) is 3.14. The van der Waals surface area contributed by atoms with Gasteiger partial charge in [0.15, 0.2) is 0 Å². The average molecular weight is 392 g/mol. The highest BCUT2D eigenvalue weighted by Gasteiger charge is 2.13. The number of aromatic nitrogens is 2. The van der Waals surface area contributed by atoms with Gasteiger partial charge >= 0.3 is 0 Å². The fourth-order valence-corrected chi connectivity index (χ4v) is 3.42. The van der Waals surface area contributed by atoms with E-state index in [0.29, 0.717) is 23.3 Å². The number of benzene rings is 2. The summed E-state index contributed by atoms with van der Waals surface area (Å²) in [5.41, 5.74) is 4.82. The lowest BCUT2D eigenvalue weighted by atomic mass is 9.97. The van der Waals surface area contributed by atoms with Gasteiger partial charge < -0.3 is 9.73 Å². The van der Waals surface area contributed by atoms with Crippen molar-refractivity contribution in [2.75, 3.05) is 0 Å². The van der Waals surface area contributed by atoms with Gasteiger partial charge in [-0.25, -0.2) is 0 Å². The molecule has 2 unspecified atom stereocenters. The van der Waals surface area contributed by atoms with Gasteiger partial charge in [0.1, 0.15) is 0 Å². The number of aryl methyl sites for hydroxylation is 2. The highest BCUT2D eigenvalue weighted by atomic mass is 16.4. The van der Waals surface area contributed by atoms with E-state index in [1.807, 2.05) is 42.5 Å². The lowest BCUT2D eigenvalue weighted by Crippen LogP contribution is -2.33. The molecule has 0 aliphatic carbocycles. The van der Waals surface area contributed by atoms with E-state index in [0.717, 1.165) is 35.1 Å². The standard InChI is InChI=1S/C24H29N3O2/c1-6-15(2)13-17(4)25-23(28)20-11-9-19(10-12-20)22-14-21(8-7-16(22)3)24-27-26-18(5)29-24/h7-12,14-15,17H,6,13H2,1-5H3,(H,25,28). The summed E-state index contributed by atoms with van der Waals surface area (Å²) in [6, 6.07) is 14.0. The van der Waals surface area contributed by atoms with Crippen molar-refractivity contribution in [1.29, 1.82) is 0 Å². The zero-order valence-electron chi connectivity index (χ0n) is 17.8. The summed E-state index contributed by atoms with van der Waals surface area (Å²) < 4.78 is 5.55. The fraction of sp³-hybridized carbons (Fsp3) is 0.375. The molecule has 152 valence electrons. The highest BCUT2D eigenvalue weighted by Crippen LogP contribution is 2.29. The van der Waals surface area contributed by atoms with E-state index in [9.17, 15) is 4.79 Å². The summed E-state index contributed by atoms with van der Waals surface area (Å²) in [6.07, 6.45) is 2.11. The van der Waals surface area contributed by atoms with Crippen molar-refractivity contribution < 1.29 is 9.21 Å². The lowest BCUT2D eigenvalue weighted by Gasteiger charge is -2.17. The second-order valence-corrected chi connectivity index (χ2v) is 7.86. The van der Waals surface area contributed by atoms with Gasteiger partial charge in [0, 0.05) is 24.1 Å². The lowest BCUT2D eigenvalue weighted by molar-refractivity contribution is 0.0935. The van der Waals surface area contributed by atoms with E-state index >= 15 is 0 Å². The first-order valence-electron chi connectivity index (χ1n) is 10.2. The molecule has 0 saturated heterocycles. The normalized spacial score (nSPS) is 13.1. The van der Waals surface area contributed by atoms with Gasteiger partial charge in [0.2, 0.25) is 11.8 Å². The minimum absolute atomic E-state index is 0.0286. The van der Waals surface area contributed by atoms with Gasteiger partial charge in [-0.1, -0.05) is 38.5 Å². The maximum absolute atomic E-state index is 12.5. The number of nitrogens with zero attached hydrogens (tertiary/aromatic N) is 2. The summed E-state index contributed by atoms with van der Waals surface area (Å²) in [6.45, 7) is 10.3. The van der Waals surface area contributed by atoms with Crippen LogP contribution in [-0.4, -0.2) is 22.1 Å². The maximum atomic E-state index is 12.5. The van der Waals surface area contributed by atoms with Crippen molar-refractivity contribution in [1.82, 2.24) is 15.5 Å². The molecule has 1 N–H and O–H groups in total. The van der Waals surface area contributed by atoms with Crippen LogP contribution >= 0.6 is 0 Å². The SMILES string of the molecule is CCC(C)CC(C)NC(=O)c1ccc(-c2cc(-c3nnc(C)o3)ccc2C)cc1. The van der Waals surface area contributed by atoms with Crippen LogP contribution in [0.1, 0.15) is 55.4 Å². The second kappa shape index (κ2) is 9.03. The Morgan fingerprint density at radius 2 is 1.72 bits per heavy atom. The zero-order chi connectivity index (χ0) is 21.0. The summed E-state index contributed by atoms with van der Waals surface area (Å²) in [4.78, 5) is 12.5. The third kappa shape index (κ3) is 5.11. The van der Waals surface area contributed by atoms with Crippen LogP contribution in [0.2, 0.25) is 0 Å². The molecule has 0 saturated carbocycles. The van der Waals surface area contributed by atoms with Crippen LogP contribution in [0.25, 0.3) is 22.6 Å². The number of hydrogen-bond donors (Lipinski definition) is 1. The van der Waals surface area contributed by atoms with Crippen molar-refractivity contribution in [2.45, 2.75) is 53.5 Å². The van der Waals surface area contributed by atoms with Gasteiger partial charge in [0.05, 0.1) is 0 Å². The molecule has 5 nitrogen and oxygen atoms in total. The van der Waals surface area contributed by atoms with Crippen LogP contribution in [-0.2, 0) is 0 Å². The summed E-state index contributed by atoms with van der Waals surface area (Å²) in [7, 11) is 0. The number of carbonyl (C=O) groups is 1. The molecule has 0 aliphatic rings. The first-order valence-corrected chi connectivity index (χ1v) is 10.2. The molecule has 5 heteroatoms. The Hall–Kier alpha value is -2.95. The van der Waals surface area contributed by atoms with Crippen molar-refractivity contribution in [3.63, 3.8) is 0 Å². The Balaban J connectivity index is 1.77. The van der Waals surface area contributed by atoms with Crippen molar-refractivity contribution in [3.05, 3.63) is 59.5 Å². The van der Waals surface area contributed by atoms with E-state index in [-0.39, 0.29) is 11.9 Å². The minimum Gasteiger partial charge on any atom is -0.421 e. The highest BCUT2D eigenvalue weighted by molar-refractivity contribution is 5.95. The quantitative estimate of drug-likeness (QED) is 0.571. The molecule has 2 aromatic carbocycles. The van der Waals surface area contributed by atoms with E-state index < -0.39 is 0 Å². The Morgan fingerprint density at radius 3 is 2.34 bits per heavy atom. The van der Waals surface area contributed by atoms with Gasteiger partial charge in [-0.2, -0.15) is 0 Å². The van der Waals surface area contributed by atoms with Gasteiger partial charge in [0.25, 0.3) is 5.91 Å². The molecule has 0 fully saturated rings. The van der Waals surface area contributed by atoms with Gasteiger partial charge in [-0.15, -0.1) is 10.2 Å². The molecule has 1 aromatic heterocycles. The number of amides is 1. The van der Waals surface area contributed by atoms with Crippen molar-refractivity contribution in [3.8, 4) is 22.6 Å². The van der Waals surface area contributed by atoms with E-state index in [1.165, 1.54) is 0 Å². The summed E-state index contributed by atoms with van der Waals surface area (Å²) in [5, 5.41) is 11.1. The molecule has 1 amide bonds. The number of hydrogen-bond acceptors (Lipinski definition) is 4. The number of carbonyl (C=O) groups excluding carboxylic acids is 1. The zero-order valence-corrected chi connectivity index (χ0v) is 17.8. The van der Waals surface area contributed by atoms with Gasteiger partial charge in [-0.3, -0.25) is 4.79 Å². The summed E-state index contributed by atoms with van der Waals surface area (Å²) >= 11 is 0. The molecule has 0 aliphatic heterocycles. The minimum atomic E-state index is -0.0286.